The molecular formula is C34H41NO6. The van der Waals surface area contributed by atoms with Gasteiger partial charge in [0.2, 0.25) is 0 Å². The van der Waals surface area contributed by atoms with Gasteiger partial charge < -0.3 is 19.5 Å². The molecule has 1 heterocycles. The summed E-state index contributed by atoms with van der Waals surface area (Å²) in [7, 11) is 0. The van der Waals surface area contributed by atoms with Crippen molar-refractivity contribution in [1.82, 2.24) is 4.90 Å². The van der Waals surface area contributed by atoms with Gasteiger partial charge in [-0.3, -0.25) is 14.4 Å². The van der Waals surface area contributed by atoms with E-state index in [0.717, 1.165) is 22.5 Å². The van der Waals surface area contributed by atoms with Crippen LogP contribution in [0.25, 0.3) is 0 Å². The number of allylic oxidation sites excluding steroid dienone is 5. The van der Waals surface area contributed by atoms with Gasteiger partial charge in [0.25, 0.3) is 0 Å². The van der Waals surface area contributed by atoms with Crippen LogP contribution in [0.5, 0.6) is 11.5 Å². The van der Waals surface area contributed by atoms with Gasteiger partial charge in [0.15, 0.2) is 23.1 Å². The molecular weight excluding hydrogens is 518 g/mol. The Balaban J connectivity index is 2.03. The third-order valence-corrected chi connectivity index (χ3v) is 8.02. The van der Waals surface area contributed by atoms with Crippen molar-refractivity contribution < 1.29 is 29.0 Å². The minimum absolute atomic E-state index is 0.0124. The maximum absolute atomic E-state index is 14.0. The van der Waals surface area contributed by atoms with Gasteiger partial charge in [-0.15, -0.1) is 13.0 Å². The highest BCUT2D eigenvalue weighted by Crippen LogP contribution is 2.55. The summed E-state index contributed by atoms with van der Waals surface area (Å²) in [6, 6.07) is 3.84. The number of hydrogen-bond acceptors (Lipinski definition) is 6. The summed E-state index contributed by atoms with van der Waals surface area (Å²) in [4.78, 5) is 41.7. The van der Waals surface area contributed by atoms with Crippen molar-refractivity contribution in [2.75, 3.05) is 19.8 Å². The van der Waals surface area contributed by atoms with Crippen LogP contribution in [0.2, 0.25) is 0 Å². The summed E-state index contributed by atoms with van der Waals surface area (Å²) in [5, 5.41) is 9.59. The van der Waals surface area contributed by atoms with E-state index in [1.54, 1.807) is 6.08 Å². The molecule has 7 nitrogen and oxygen atoms in total. The number of carbonyl (C=O) groups is 3. The Morgan fingerprint density at radius 3 is 2.15 bits per heavy atom. The van der Waals surface area contributed by atoms with Crippen molar-refractivity contribution in [3.63, 3.8) is 0 Å². The molecule has 0 fully saturated rings. The quantitative estimate of drug-likeness (QED) is 0.278. The zero-order valence-electron chi connectivity index (χ0n) is 24.9. The van der Waals surface area contributed by atoms with Crippen molar-refractivity contribution in [3.8, 4) is 23.8 Å². The van der Waals surface area contributed by atoms with E-state index in [1.165, 1.54) is 0 Å². The fourth-order valence-corrected chi connectivity index (χ4v) is 6.56. The lowest BCUT2D eigenvalue weighted by molar-refractivity contribution is -0.137. The highest BCUT2D eigenvalue weighted by Gasteiger charge is 2.49. The molecule has 0 spiro atoms. The summed E-state index contributed by atoms with van der Waals surface area (Å²) in [5.41, 5.74) is 3.82. The number of carbonyl (C=O) groups excluding carboxylic acids is 2. The second-order valence-electron chi connectivity index (χ2n) is 12.8. The number of ether oxygens (including phenoxy) is 2. The zero-order chi connectivity index (χ0) is 30.1. The smallest absolute Gasteiger partial charge is 0.305 e. The van der Waals surface area contributed by atoms with E-state index >= 15 is 0 Å². The van der Waals surface area contributed by atoms with Crippen LogP contribution in [-0.4, -0.2) is 47.3 Å². The molecule has 3 aliphatic rings. The molecule has 0 radical (unpaired) electrons. The number of hydrogen-bond donors (Lipinski definition) is 1. The van der Waals surface area contributed by atoms with Crippen LogP contribution in [0.4, 0.5) is 0 Å². The van der Waals surface area contributed by atoms with E-state index in [0.29, 0.717) is 61.4 Å². The molecule has 2 aliphatic carbocycles. The number of terminal acetylenes is 1. The number of rotatable bonds is 10. The Hall–Kier alpha value is -3.79. The predicted octanol–water partition coefficient (Wildman–Crippen LogP) is 5.99. The van der Waals surface area contributed by atoms with Gasteiger partial charge in [-0.05, 0) is 48.6 Å². The van der Waals surface area contributed by atoms with Gasteiger partial charge in [0.05, 0.1) is 13.0 Å². The molecule has 7 heteroatoms. The minimum Gasteiger partial charge on any atom is -0.490 e. The van der Waals surface area contributed by atoms with Crippen molar-refractivity contribution >= 4 is 17.5 Å². The van der Waals surface area contributed by atoms with Crippen LogP contribution in [-0.2, 0) is 20.8 Å². The monoisotopic (exact) mass is 559 g/mol. The summed E-state index contributed by atoms with van der Waals surface area (Å²) >= 11 is 0. The third kappa shape index (κ3) is 6.12. The van der Waals surface area contributed by atoms with E-state index in [4.69, 9.17) is 15.9 Å². The third-order valence-electron chi connectivity index (χ3n) is 8.02. The van der Waals surface area contributed by atoms with Crippen LogP contribution in [0, 0.1) is 23.2 Å². The summed E-state index contributed by atoms with van der Waals surface area (Å²) < 4.78 is 11.9. The van der Waals surface area contributed by atoms with E-state index < -0.39 is 11.9 Å². The lowest BCUT2D eigenvalue weighted by Crippen LogP contribution is -2.45. The maximum atomic E-state index is 14.0. The molecule has 0 aromatic heterocycles. The summed E-state index contributed by atoms with van der Waals surface area (Å²) in [5.74, 6) is 2.01. The Bertz CT molecular complexity index is 1330. The maximum Gasteiger partial charge on any atom is 0.305 e. The van der Waals surface area contributed by atoms with Crippen LogP contribution in [0.3, 0.4) is 0 Å². The number of nitrogens with zero attached hydrogens (tertiary/aromatic N) is 1. The second-order valence-corrected chi connectivity index (χ2v) is 12.8. The summed E-state index contributed by atoms with van der Waals surface area (Å²) in [6.07, 6.45) is 9.54. The molecule has 0 unspecified atom stereocenters. The fourth-order valence-electron chi connectivity index (χ4n) is 6.56. The second kappa shape index (κ2) is 11.6. The summed E-state index contributed by atoms with van der Waals surface area (Å²) in [6.45, 7) is 14.7. The molecule has 218 valence electrons. The largest absolute Gasteiger partial charge is 0.490 e. The van der Waals surface area contributed by atoms with Crippen LogP contribution < -0.4 is 9.47 Å². The molecule has 0 amide bonds. The van der Waals surface area contributed by atoms with Gasteiger partial charge in [-0.1, -0.05) is 45.8 Å². The molecule has 0 bridgehead atoms. The molecule has 0 atom stereocenters. The fraction of sp³-hybridized carbons (Fsp3) is 0.500. The average Bonchev–Trinajstić information content (AvgIpc) is 2.85. The van der Waals surface area contributed by atoms with E-state index in [1.807, 2.05) is 24.0 Å². The molecule has 1 aromatic rings. The standard InChI is InChI=1S/C34H41NO6/c1-8-11-21-15-22(16-27(40-10-3)32(21)41-14-9-2)29-30-23(17-33(4,5)19-25(30)36)35(13-12-28(38)39)24-18-34(6,7)20-26(37)31(24)29/h2,8,15-16,29H,1,10-14,17-20H2,3-7H3,(H,38,39). The predicted molar refractivity (Wildman–Crippen MR) is 158 cm³/mol. The van der Waals surface area contributed by atoms with Crippen LogP contribution >= 0.6 is 0 Å². The van der Waals surface area contributed by atoms with Crippen LogP contribution in [0.1, 0.15) is 83.8 Å². The molecule has 0 saturated carbocycles. The van der Waals surface area contributed by atoms with Gasteiger partial charge in [0, 0.05) is 53.4 Å². The Morgan fingerprint density at radius 2 is 1.66 bits per heavy atom. The van der Waals surface area contributed by atoms with Gasteiger partial charge in [-0.2, -0.15) is 0 Å². The van der Waals surface area contributed by atoms with E-state index in [-0.39, 0.29) is 42.0 Å². The first-order valence-corrected chi connectivity index (χ1v) is 14.3. The number of benzene rings is 1. The first-order chi connectivity index (χ1) is 19.3. The number of Topliss-reactive ketones (excluding diaryl/α,β-unsaturated/α-hetero) is 2. The van der Waals surface area contributed by atoms with Crippen LogP contribution in [0.15, 0.2) is 47.3 Å². The SMILES string of the molecule is C#CCOc1c(CC=C)cc(C2C3=C(CC(C)(C)CC3=O)N(CCC(=O)O)C3=C2C(=O)CC(C)(C)C3)cc1OCC. The average molecular weight is 560 g/mol. The topological polar surface area (TPSA) is 93.1 Å². The Morgan fingerprint density at radius 1 is 1.07 bits per heavy atom. The highest BCUT2D eigenvalue weighted by atomic mass is 16.5. The van der Waals surface area contributed by atoms with Crippen molar-refractivity contribution in [3.05, 3.63) is 58.5 Å². The van der Waals surface area contributed by atoms with Crippen molar-refractivity contribution in [2.24, 2.45) is 10.8 Å². The first-order valence-electron chi connectivity index (χ1n) is 14.3. The number of ketones is 2. The van der Waals surface area contributed by atoms with Gasteiger partial charge in [0.1, 0.15) is 6.61 Å². The van der Waals surface area contributed by atoms with Crippen molar-refractivity contribution in [1.29, 1.82) is 0 Å². The first kappa shape index (κ1) is 30.2. The molecule has 1 N–H and O–H groups in total. The van der Waals surface area contributed by atoms with E-state index in [2.05, 4.69) is 40.2 Å². The minimum atomic E-state index is -0.919. The van der Waals surface area contributed by atoms with Gasteiger partial charge in [-0.25, -0.2) is 0 Å². The molecule has 1 aromatic carbocycles. The molecule has 0 saturated heterocycles. The van der Waals surface area contributed by atoms with Gasteiger partial charge >= 0.3 is 5.97 Å². The lowest BCUT2D eigenvalue weighted by Gasteiger charge is -2.49. The lowest BCUT2D eigenvalue weighted by atomic mass is 9.63. The molecule has 4 rings (SSSR count). The Kier molecular flexibility index (Phi) is 8.54. The zero-order valence-corrected chi connectivity index (χ0v) is 24.9. The normalized spacial score (nSPS) is 19.9. The van der Waals surface area contributed by atoms with Crippen molar-refractivity contribution in [2.45, 2.75) is 79.1 Å². The molecule has 1 aliphatic heterocycles. The molecule has 41 heavy (non-hydrogen) atoms. The highest BCUT2D eigenvalue weighted by molar-refractivity contribution is 6.07. The van der Waals surface area contributed by atoms with E-state index in [9.17, 15) is 19.5 Å². The number of aliphatic carboxylic acids is 1. The Labute approximate surface area is 243 Å². The number of carboxylic acids is 1. The number of carboxylic acid groups (broad SMARTS) is 1.